The van der Waals surface area contributed by atoms with Crippen LogP contribution in [-0.4, -0.2) is 39.0 Å². The van der Waals surface area contributed by atoms with E-state index in [1.165, 1.54) is 19.1 Å². The standard InChI is InChI=1S/C12H12N2O7/c1-6-2-7(4-8(3-6)14(20)21)11(17)13-9(12(18)19)5-10(15)16/h2-4,9H,5H2,1H3,(H,13,17)(H,15,16)(H,18,19)/t9-/m1/s1. The fourth-order valence-corrected chi connectivity index (χ4v) is 1.62. The number of nitro benzene ring substituents is 1. The number of carbonyl (C=O) groups is 3. The van der Waals surface area contributed by atoms with Crippen LogP contribution in [0, 0.1) is 17.0 Å². The van der Waals surface area contributed by atoms with E-state index in [1.807, 2.05) is 5.32 Å². The molecule has 1 aromatic carbocycles. The third-order valence-corrected chi connectivity index (χ3v) is 2.52. The predicted octanol–water partition coefficient (Wildman–Crippen LogP) is 0.561. The van der Waals surface area contributed by atoms with Gasteiger partial charge in [0, 0.05) is 17.7 Å². The van der Waals surface area contributed by atoms with Crippen molar-refractivity contribution in [3.05, 3.63) is 39.4 Å². The lowest BCUT2D eigenvalue weighted by Gasteiger charge is -2.12. The van der Waals surface area contributed by atoms with E-state index >= 15 is 0 Å². The molecule has 112 valence electrons. The third-order valence-electron chi connectivity index (χ3n) is 2.52. The lowest BCUT2D eigenvalue weighted by Crippen LogP contribution is -2.42. The molecule has 0 spiro atoms. The highest BCUT2D eigenvalue weighted by molar-refractivity contribution is 5.98. The Morgan fingerprint density at radius 3 is 2.38 bits per heavy atom. The fourth-order valence-electron chi connectivity index (χ4n) is 1.62. The summed E-state index contributed by atoms with van der Waals surface area (Å²) in [6.07, 6.45) is -0.797. The van der Waals surface area contributed by atoms with E-state index in [9.17, 15) is 24.5 Å². The molecule has 0 aromatic heterocycles. The minimum absolute atomic E-state index is 0.113. The number of nitrogens with one attached hydrogen (secondary N) is 1. The molecule has 3 N–H and O–H groups in total. The normalized spacial score (nSPS) is 11.5. The first-order valence-electron chi connectivity index (χ1n) is 5.72. The first-order chi connectivity index (χ1) is 9.70. The molecule has 1 aromatic rings. The Labute approximate surface area is 118 Å². The highest BCUT2D eigenvalue weighted by Gasteiger charge is 2.24. The number of aryl methyl sites for hydroxylation is 1. The van der Waals surface area contributed by atoms with Crippen molar-refractivity contribution in [2.24, 2.45) is 0 Å². The number of hydrogen-bond donors (Lipinski definition) is 3. The molecule has 1 rings (SSSR count). The summed E-state index contributed by atoms with van der Waals surface area (Å²) in [4.78, 5) is 43.3. The molecule has 9 nitrogen and oxygen atoms in total. The zero-order valence-electron chi connectivity index (χ0n) is 10.9. The van der Waals surface area contributed by atoms with Gasteiger partial charge < -0.3 is 15.5 Å². The molecule has 1 atom stereocenters. The molecule has 0 saturated heterocycles. The van der Waals surface area contributed by atoms with E-state index in [0.717, 1.165) is 6.07 Å². The van der Waals surface area contributed by atoms with Gasteiger partial charge in [-0.05, 0) is 18.6 Å². The highest BCUT2D eigenvalue weighted by Crippen LogP contribution is 2.16. The summed E-state index contributed by atoms with van der Waals surface area (Å²) in [5.41, 5.74) is 0.0167. The number of nitrogens with zero attached hydrogens (tertiary/aromatic N) is 1. The molecule has 0 radical (unpaired) electrons. The minimum Gasteiger partial charge on any atom is -0.481 e. The molecular formula is C12H12N2O7. The van der Waals surface area contributed by atoms with Crippen LogP contribution in [0.1, 0.15) is 22.3 Å². The van der Waals surface area contributed by atoms with Crippen molar-refractivity contribution in [3.63, 3.8) is 0 Å². The maximum Gasteiger partial charge on any atom is 0.326 e. The number of carboxylic acid groups (broad SMARTS) is 2. The smallest absolute Gasteiger partial charge is 0.326 e. The van der Waals surface area contributed by atoms with Crippen molar-refractivity contribution in [1.29, 1.82) is 0 Å². The summed E-state index contributed by atoms with van der Waals surface area (Å²) in [6.45, 7) is 1.54. The van der Waals surface area contributed by atoms with Crippen molar-refractivity contribution in [2.75, 3.05) is 0 Å². The Hall–Kier alpha value is -2.97. The molecule has 9 heteroatoms. The molecule has 0 aliphatic heterocycles. The van der Waals surface area contributed by atoms with E-state index in [4.69, 9.17) is 10.2 Å². The lowest BCUT2D eigenvalue weighted by atomic mass is 10.1. The molecular weight excluding hydrogens is 284 g/mol. The summed E-state index contributed by atoms with van der Waals surface area (Å²) >= 11 is 0. The number of non-ortho nitro benzene ring substituents is 1. The van der Waals surface area contributed by atoms with Gasteiger partial charge in [-0.1, -0.05) is 0 Å². The van der Waals surface area contributed by atoms with Crippen LogP contribution in [0.3, 0.4) is 0 Å². The quantitative estimate of drug-likeness (QED) is 0.513. The number of aliphatic carboxylic acids is 2. The van der Waals surface area contributed by atoms with Gasteiger partial charge in [0.1, 0.15) is 6.04 Å². The monoisotopic (exact) mass is 296 g/mol. The van der Waals surface area contributed by atoms with Gasteiger partial charge >= 0.3 is 11.9 Å². The molecule has 0 bridgehead atoms. The van der Waals surface area contributed by atoms with E-state index in [-0.39, 0.29) is 11.3 Å². The molecule has 0 aliphatic rings. The number of benzene rings is 1. The van der Waals surface area contributed by atoms with Crippen LogP contribution in [0.2, 0.25) is 0 Å². The van der Waals surface area contributed by atoms with Crippen molar-refractivity contribution in [2.45, 2.75) is 19.4 Å². The number of amides is 1. The topological polar surface area (TPSA) is 147 Å². The van der Waals surface area contributed by atoms with Gasteiger partial charge in [0.25, 0.3) is 11.6 Å². The molecule has 0 heterocycles. The lowest BCUT2D eigenvalue weighted by molar-refractivity contribution is -0.384. The van der Waals surface area contributed by atoms with Gasteiger partial charge in [-0.25, -0.2) is 4.79 Å². The Bertz CT molecular complexity index is 612. The summed E-state index contributed by atoms with van der Waals surface area (Å²) in [6, 6.07) is 1.96. The Morgan fingerprint density at radius 1 is 1.29 bits per heavy atom. The van der Waals surface area contributed by atoms with E-state index in [2.05, 4.69) is 0 Å². The third kappa shape index (κ3) is 4.56. The molecule has 0 fully saturated rings. The van der Waals surface area contributed by atoms with Gasteiger partial charge in [0.2, 0.25) is 0 Å². The van der Waals surface area contributed by atoms with Crippen LogP contribution in [0.4, 0.5) is 5.69 Å². The first kappa shape index (κ1) is 16.1. The molecule has 0 saturated carbocycles. The van der Waals surface area contributed by atoms with Gasteiger partial charge in [0.15, 0.2) is 0 Å². The largest absolute Gasteiger partial charge is 0.481 e. The number of nitro groups is 1. The van der Waals surface area contributed by atoms with E-state index < -0.39 is 35.2 Å². The SMILES string of the molecule is Cc1cc(C(=O)N[C@H](CC(=O)O)C(=O)O)cc([N+](=O)[O-])c1. The van der Waals surface area contributed by atoms with Crippen LogP contribution in [0.5, 0.6) is 0 Å². The Kier molecular flexibility index (Phi) is 4.95. The fraction of sp³-hybridized carbons (Fsp3) is 0.250. The Morgan fingerprint density at radius 2 is 1.90 bits per heavy atom. The van der Waals surface area contributed by atoms with Crippen molar-refractivity contribution in [3.8, 4) is 0 Å². The summed E-state index contributed by atoms with van der Waals surface area (Å²) in [7, 11) is 0. The second kappa shape index (κ2) is 6.46. The number of rotatable bonds is 6. The zero-order valence-corrected chi connectivity index (χ0v) is 10.9. The molecule has 0 unspecified atom stereocenters. The maximum absolute atomic E-state index is 11.9. The summed E-state index contributed by atoms with van der Waals surface area (Å²) in [5, 5.41) is 30.1. The van der Waals surface area contributed by atoms with Crippen LogP contribution >= 0.6 is 0 Å². The molecule has 0 aliphatic carbocycles. The van der Waals surface area contributed by atoms with Crippen LogP contribution in [0.15, 0.2) is 18.2 Å². The van der Waals surface area contributed by atoms with Gasteiger partial charge in [-0.3, -0.25) is 19.7 Å². The highest BCUT2D eigenvalue weighted by atomic mass is 16.6. The van der Waals surface area contributed by atoms with E-state index in [0.29, 0.717) is 5.56 Å². The summed E-state index contributed by atoms with van der Waals surface area (Å²) in [5.74, 6) is -3.79. The van der Waals surface area contributed by atoms with E-state index in [1.54, 1.807) is 0 Å². The van der Waals surface area contributed by atoms with Gasteiger partial charge in [-0.2, -0.15) is 0 Å². The Balaban J connectivity index is 2.99. The predicted molar refractivity (Wildman–Crippen MR) is 69.0 cm³/mol. The first-order valence-corrected chi connectivity index (χ1v) is 5.72. The average Bonchev–Trinajstić information content (AvgIpc) is 2.36. The number of carboxylic acids is 2. The average molecular weight is 296 g/mol. The summed E-state index contributed by atoms with van der Waals surface area (Å²) < 4.78 is 0. The maximum atomic E-state index is 11.9. The van der Waals surface area contributed by atoms with Crippen LogP contribution < -0.4 is 5.32 Å². The van der Waals surface area contributed by atoms with Crippen LogP contribution in [-0.2, 0) is 9.59 Å². The van der Waals surface area contributed by atoms with Gasteiger partial charge in [-0.15, -0.1) is 0 Å². The van der Waals surface area contributed by atoms with Crippen molar-refractivity contribution < 1.29 is 29.5 Å². The number of carbonyl (C=O) groups excluding carboxylic acids is 1. The van der Waals surface area contributed by atoms with Crippen molar-refractivity contribution in [1.82, 2.24) is 5.32 Å². The van der Waals surface area contributed by atoms with Crippen LogP contribution in [0.25, 0.3) is 0 Å². The minimum atomic E-state index is -1.62. The van der Waals surface area contributed by atoms with Gasteiger partial charge in [0.05, 0.1) is 11.3 Å². The second-order valence-corrected chi connectivity index (χ2v) is 4.28. The number of hydrogen-bond acceptors (Lipinski definition) is 5. The molecule has 21 heavy (non-hydrogen) atoms. The zero-order chi connectivity index (χ0) is 16.2. The second-order valence-electron chi connectivity index (χ2n) is 4.28. The molecule has 1 amide bonds. The van der Waals surface area contributed by atoms with Crippen molar-refractivity contribution >= 4 is 23.5 Å².